The van der Waals surface area contributed by atoms with Crippen LogP contribution in [0.5, 0.6) is 0 Å². The molecule has 0 unspecified atom stereocenters. The molecule has 2 N–H and O–H groups in total. The molecule has 17 heavy (non-hydrogen) atoms. The first-order chi connectivity index (χ1) is 8.17. The summed E-state index contributed by atoms with van der Waals surface area (Å²) in [5.74, 6) is -1.49. The Morgan fingerprint density at radius 2 is 1.94 bits per heavy atom. The maximum Gasteiger partial charge on any atom is 0.310 e. The topological polar surface area (TPSA) is 82.0 Å². The van der Waals surface area contributed by atoms with Crippen molar-refractivity contribution in [3.05, 3.63) is 21.9 Å². The van der Waals surface area contributed by atoms with Crippen molar-refractivity contribution < 1.29 is 9.59 Å². The predicted molar refractivity (Wildman–Crippen MR) is 64.2 cm³/mol. The second kappa shape index (κ2) is 6.66. The van der Waals surface area contributed by atoms with Gasteiger partial charge in [-0.05, 0) is 18.6 Å². The molecule has 0 aliphatic carbocycles. The molecule has 0 bridgehead atoms. The van der Waals surface area contributed by atoms with Gasteiger partial charge in [-0.1, -0.05) is 6.92 Å². The number of nitrogens with one attached hydrogen (secondary N) is 2. The molecule has 0 aliphatic heterocycles. The fraction of sp³-hybridized carbons (Fsp3) is 0.364. The van der Waals surface area contributed by atoms with Gasteiger partial charge in [0.1, 0.15) is 6.54 Å². The maximum atomic E-state index is 11.3. The first-order valence-electron chi connectivity index (χ1n) is 5.18. The number of carbonyl (C=O) groups excluding carboxylic acids is 2. The van der Waals surface area contributed by atoms with Crippen LogP contribution in [0.25, 0.3) is 0 Å². The van der Waals surface area contributed by atoms with E-state index in [9.17, 15) is 9.59 Å². The summed E-state index contributed by atoms with van der Waals surface area (Å²) in [5, 5.41) is 12.9. The van der Waals surface area contributed by atoms with Gasteiger partial charge in [-0.2, -0.15) is 5.26 Å². The van der Waals surface area contributed by atoms with E-state index in [2.05, 4.69) is 17.6 Å². The van der Waals surface area contributed by atoms with Crippen molar-refractivity contribution in [3.8, 4) is 6.07 Å². The Balaban J connectivity index is 2.37. The first kappa shape index (κ1) is 13.2. The van der Waals surface area contributed by atoms with Crippen LogP contribution in [-0.4, -0.2) is 18.4 Å². The van der Waals surface area contributed by atoms with Crippen LogP contribution in [0.4, 0.5) is 0 Å². The number of nitriles is 1. The minimum absolute atomic E-state index is 0.161. The van der Waals surface area contributed by atoms with Crippen LogP contribution in [0.15, 0.2) is 12.1 Å². The number of carbonyl (C=O) groups is 2. The molecule has 0 aliphatic rings. The Bertz CT molecular complexity index is 448. The zero-order valence-corrected chi connectivity index (χ0v) is 10.3. The van der Waals surface area contributed by atoms with Crippen LogP contribution < -0.4 is 10.6 Å². The summed E-state index contributed by atoms with van der Waals surface area (Å²) in [4.78, 5) is 24.6. The summed E-state index contributed by atoms with van der Waals surface area (Å²) >= 11 is 1.61. The van der Waals surface area contributed by atoms with Gasteiger partial charge in [-0.15, -0.1) is 11.3 Å². The highest BCUT2D eigenvalue weighted by molar-refractivity contribution is 7.11. The fourth-order valence-electron chi connectivity index (χ4n) is 1.16. The van der Waals surface area contributed by atoms with Crippen molar-refractivity contribution in [2.45, 2.75) is 19.9 Å². The molecule has 0 spiro atoms. The van der Waals surface area contributed by atoms with Crippen molar-refractivity contribution in [3.63, 3.8) is 0 Å². The lowest BCUT2D eigenvalue weighted by Crippen LogP contribution is -2.39. The normalized spacial score (nSPS) is 9.41. The van der Waals surface area contributed by atoms with E-state index in [4.69, 9.17) is 5.26 Å². The van der Waals surface area contributed by atoms with E-state index in [0.717, 1.165) is 11.3 Å². The number of aryl methyl sites for hydroxylation is 1. The largest absolute Gasteiger partial charge is 0.343 e. The quantitative estimate of drug-likeness (QED) is 0.606. The van der Waals surface area contributed by atoms with Crippen LogP contribution in [0.1, 0.15) is 16.7 Å². The molecule has 1 heterocycles. The van der Waals surface area contributed by atoms with Crippen LogP contribution >= 0.6 is 11.3 Å². The number of rotatable bonds is 4. The van der Waals surface area contributed by atoms with Crippen LogP contribution in [0, 0.1) is 11.3 Å². The van der Waals surface area contributed by atoms with Crippen molar-refractivity contribution in [1.29, 1.82) is 5.26 Å². The summed E-state index contributed by atoms with van der Waals surface area (Å²) in [6.45, 7) is 2.23. The van der Waals surface area contributed by atoms with E-state index >= 15 is 0 Å². The molecule has 1 aromatic heterocycles. The Hall–Kier alpha value is -1.87. The molecule has 2 amide bonds. The smallest absolute Gasteiger partial charge is 0.310 e. The summed E-state index contributed by atoms with van der Waals surface area (Å²) < 4.78 is 0. The molecule has 0 radical (unpaired) electrons. The number of hydrogen-bond acceptors (Lipinski definition) is 4. The molecule has 90 valence electrons. The monoisotopic (exact) mass is 251 g/mol. The number of hydrogen-bond donors (Lipinski definition) is 2. The second-order valence-corrected chi connectivity index (χ2v) is 4.50. The molecule has 0 saturated heterocycles. The molecule has 0 saturated carbocycles. The molecule has 0 aromatic carbocycles. The van der Waals surface area contributed by atoms with Gasteiger partial charge in [0.2, 0.25) is 0 Å². The van der Waals surface area contributed by atoms with Crippen molar-refractivity contribution >= 4 is 23.2 Å². The van der Waals surface area contributed by atoms with E-state index < -0.39 is 11.8 Å². The molecule has 1 rings (SSSR count). The van der Waals surface area contributed by atoms with E-state index in [1.807, 2.05) is 12.1 Å². The molecule has 1 aromatic rings. The van der Waals surface area contributed by atoms with Gasteiger partial charge in [0, 0.05) is 9.75 Å². The standard InChI is InChI=1S/C11H13N3O2S/c1-2-8-3-4-9(17-8)7-14-11(16)10(15)13-6-5-12/h3-4H,2,6-7H2,1H3,(H,13,15)(H,14,16). The van der Waals surface area contributed by atoms with Gasteiger partial charge in [-0.25, -0.2) is 0 Å². The molecule has 0 fully saturated rings. The SMILES string of the molecule is CCc1ccc(CNC(=O)C(=O)NCC#N)s1. The average Bonchev–Trinajstić information content (AvgIpc) is 2.80. The third-order valence-electron chi connectivity index (χ3n) is 2.02. The van der Waals surface area contributed by atoms with Gasteiger partial charge >= 0.3 is 11.8 Å². The average molecular weight is 251 g/mol. The molecular weight excluding hydrogens is 238 g/mol. The van der Waals surface area contributed by atoms with Crippen molar-refractivity contribution in [2.75, 3.05) is 6.54 Å². The minimum atomic E-state index is -0.779. The Morgan fingerprint density at radius 1 is 1.29 bits per heavy atom. The molecule has 6 heteroatoms. The number of nitrogens with zero attached hydrogens (tertiary/aromatic N) is 1. The molecule has 0 atom stereocenters. The van der Waals surface area contributed by atoms with E-state index in [0.29, 0.717) is 6.54 Å². The summed E-state index contributed by atoms with van der Waals surface area (Å²) in [5.41, 5.74) is 0. The second-order valence-electron chi connectivity index (χ2n) is 3.25. The van der Waals surface area contributed by atoms with Crippen LogP contribution in [-0.2, 0) is 22.6 Å². The Kier molecular flexibility index (Phi) is 5.17. The number of thiophene rings is 1. The van der Waals surface area contributed by atoms with E-state index in [1.54, 1.807) is 17.4 Å². The maximum absolute atomic E-state index is 11.3. The number of amides is 2. The highest BCUT2D eigenvalue weighted by Crippen LogP contribution is 2.16. The van der Waals surface area contributed by atoms with Gasteiger partial charge in [0.25, 0.3) is 0 Å². The van der Waals surface area contributed by atoms with Gasteiger partial charge in [0.15, 0.2) is 0 Å². The third-order valence-corrected chi connectivity index (χ3v) is 3.25. The minimum Gasteiger partial charge on any atom is -0.343 e. The molecular formula is C11H13N3O2S. The molecule has 5 nitrogen and oxygen atoms in total. The van der Waals surface area contributed by atoms with Gasteiger partial charge < -0.3 is 10.6 Å². The Morgan fingerprint density at radius 3 is 2.53 bits per heavy atom. The lowest BCUT2D eigenvalue weighted by atomic mass is 10.3. The van der Waals surface area contributed by atoms with Crippen LogP contribution in [0.3, 0.4) is 0 Å². The first-order valence-corrected chi connectivity index (χ1v) is 5.99. The Labute approximate surface area is 103 Å². The van der Waals surface area contributed by atoms with Crippen molar-refractivity contribution in [2.24, 2.45) is 0 Å². The highest BCUT2D eigenvalue weighted by Gasteiger charge is 2.12. The zero-order chi connectivity index (χ0) is 12.7. The van der Waals surface area contributed by atoms with Gasteiger partial charge in [-0.3, -0.25) is 9.59 Å². The van der Waals surface area contributed by atoms with Crippen molar-refractivity contribution in [1.82, 2.24) is 10.6 Å². The summed E-state index contributed by atoms with van der Waals surface area (Å²) in [6, 6.07) is 5.66. The fourth-order valence-corrected chi connectivity index (χ4v) is 2.05. The van der Waals surface area contributed by atoms with Crippen LogP contribution in [0.2, 0.25) is 0 Å². The van der Waals surface area contributed by atoms with Gasteiger partial charge in [0.05, 0.1) is 12.6 Å². The summed E-state index contributed by atoms with van der Waals surface area (Å²) in [6.07, 6.45) is 0.960. The zero-order valence-electron chi connectivity index (χ0n) is 9.45. The predicted octanol–water partition coefficient (Wildman–Crippen LogP) is 0.566. The highest BCUT2D eigenvalue weighted by atomic mass is 32.1. The van der Waals surface area contributed by atoms with E-state index in [-0.39, 0.29) is 6.54 Å². The lowest BCUT2D eigenvalue weighted by molar-refractivity contribution is -0.139. The van der Waals surface area contributed by atoms with E-state index in [1.165, 1.54) is 4.88 Å². The third kappa shape index (κ3) is 4.25. The lowest BCUT2D eigenvalue weighted by Gasteiger charge is -2.02. The summed E-state index contributed by atoms with van der Waals surface area (Å²) in [7, 11) is 0.